The Morgan fingerprint density at radius 1 is 1.00 bits per heavy atom. The molecular weight excluding hydrogens is 426 g/mol. The average Bonchev–Trinajstić information content (AvgIpc) is 3.54. The van der Waals surface area contributed by atoms with Crippen molar-refractivity contribution >= 4 is 17.7 Å². The lowest BCUT2D eigenvalue weighted by atomic mass is 10.1. The van der Waals surface area contributed by atoms with Crippen LogP contribution in [0.2, 0.25) is 0 Å². The largest absolute Gasteiger partial charge is 0.493 e. The molecule has 2 aromatic heterocycles. The van der Waals surface area contributed by atoms with Gasteiger partial charge >= 0.3 is 0 Å². The molecule has 0 bridgehead atoms. The first-order valence-electron chi connectivity index (χ1n) is 9.89. The lowest BCUT2D eigenvalue weighted by Gasteiger charge is -2.12. The highest BCUT2D eigenvalue weighted by Crippen LogP contribution is 2.41. The minimum atomic E-state index is -0.330. The van der Waals surface area contributed by atoms with Crippen LogP contribution in [-0.2, 0) is 4.79 Å². The average molecular weight is 447 g/mol. The summed E-state index contributed by atoms with van der Waals surface area (Å²) in [4.78, 5) is 16.9. The number of methoxy groups -OCH3 is 3. The van der Waals surface area contributed by atoms with E-state index in [2.05, 4.69) is 15.5 Å². The van der Waals surface area contributed by atoms with Crippen LogP contribution in [0.1, 0.15) is 5.76 Å². The minimum Gasteiger partial charge on any atom is -0.493 e. The molecule has 9 nitrogen and oxygen atoms in total. The van der Waals surface area contributed by atoms with E-state index in [0.29, 0.717) is 45.6 Å². The first-order chi connectivity index (χ1) is 16.1. The summed E-state index contributed by atoms with van der Waals surface area (Å²) in [7, 11) is 4.59. The zero-order valence-corrected chi connectivity index (χ0v) is 18.2. The SMILES string of the molecule is COc1cc(-c2noc(-c3ccccc3NC(=O)C=Cc3ccco3)n2)cc(OC)c1OC. The van der Waals surface area contributed by atoms with Crippen molar-refractivity contribution in [2.45, 2.75) is 0 Å². The van der Waals surface area contributed by atoms with E-state index in [1.165, 1.54) is 33.7 Å². The van der Waals surface area contributed by atoms with Gasteiger partial charge in [0.25, 0.3) is 5.89 Å². The fourth-order valence-electron chi connectivity index (χ4n) is 3.16. The number of aromatic nitrogens is 2. The van der Waals surface area contributed by atoms with Gasteiger partial charge in [-0.15, -0.1) is 0 Å². The maximum atomic E-state index is 12.4. The Labute approximate surface area is 189 Å². The normalized spacial score (nSPS) is 10.9. The number of carbonyl (C=O) groups is 1. The molecule has 0 radical (unpaired) electrons. The van der Waals surface area contributed by atoms with Crippen LogP contribution >= 0.6 is 0 Å². The Morgan fingerprint density at radius 2 is 1.76 bits per heavy atom. The van der Waals surface area contributed by atoms with Crippen molar-refractivity contribution in [1.29, 1.82) is 0 Å². The molecule has 2 heterocycles. The zero-order valence-electron chi connectivity index (χ0n) is 18.2. The predicted molar refractivity (Wildman–Crippen MR) is 121 cm³/mol. The summed E-state index contributed by atoms with van der Waals surface area (Å²) in [5, 5.41) is 6.90. The maximum Gasteiger partial charge on any atom is 0.260 e. The quantitative estimate of drug-likeness (QED) is 0.388. The summed E-state index contributed by atoms with van der Waals surface area (Å²) in [6.07, 6.45) is 4.49. The number of rotatable bonds is 8. The Hall–Kier alpha value is -4.53. The fraction of sp³-hybridized carbons (Fsp3) is 0.125. The number of amides is 1. The molecule has 1 amide bonds. The second-order valence-electron chi connectivity index (χ2n) is 6.72. The molecule has 0 spiro atoms. The molecule has 33 heavy (non-hydrogen) atoms. The van der Waals surface area contributed by atoms with Crippen molar-refractivity contribution < 1.29 is 27.9 Å². The van der Waals surface area contributed by atoms with Gasteiger partial charge in [-0.05, 0) is 42.5 Å². The molecule has 1 N–H and O–H groups in total. The van der Waals surface area contributed by atoms with E-state index in [4.69, 9.17) is 23.2 Å². The van der Waals surface area contributed by atoms with Crippen LogP contribution in [0.4, 0.5) is 5.69 Å². The summed E-state index contributed by atoms with van der Waals surface area (Å²) < 4.78 is 26.8. The van der Waals surface area contributed by atoms with Gasteiger partial charge in [-0.2, -0.15) is 4.98 Å². The van der Waals surface area contributed by atoms with E-state index in [-0.39, 0.29) is 11.8 Å². The third kappa shape index (κ3) is 4.72. The standard InChI is InChI=1S/C24H21N3O6/c1-29-19-13-15(14-20(30-2)22(19)31-3)23-26-24(33-27-23)17-8-4-5-9-18(17)25-21(28)11-10-16-7-6-12-32-16/h4-14H,1-3H3,(H,25,28). The molecule has 0 aliphatic carbocycles. The van der Waals surface area contributed by atoms with Gasteiger partial charge in [0.05, 0.1) is 38.8 Å². The molecule has 0 aliphatic rings. The number of ether oxygens (including phenoxy) is 3. The van der Waals surface area contributed by atoms with Crippen LogP contribution in [-0.4, -0.2) is 37.4 Å². The Kier molecular flexibility index (Phi) is 6.40. The van der Waals surface area contributed by atoms with Gasteiger partial charge in [-0.1, -0.05) is 17.3 Å². The molecule has 0 aliphatic heterocycles. The van der Waals surface area contributed by atoms with E-state index in [9.17, 15) is 4.79 Å². The Morgan fingerprint density at radius 3 is 2.42 bits per heavy atom. The van der Waals surface area contributed by atoms with Crippen molar-refractivity contribution in [2.75, 3.05) is 26.6 Å². The van der Waals surface area contributed by atoms with Crippen molar-refractivity contribution in [3.05, 3.63) is 66.6 Å². The summed E-state index contributed by atoms with van der Waals surface area (Å²) in [6, 6.07) is 14.1. The number of nitrogens with zero attached hydrogens (tertiary/aromatic N) is 2. The molecular formula is C24H21N3O6. The van der Waals surface area contributed by atoms with E-state index in [1.807, 2.05) is 6.07 Å². The predicted octanol–water partition coefficient (Wildman–Crippen LogP) is 4.67. The number of anilines is 1. The summed E-state index contributed by atoms with van der Waals surface area (Å²) in [5.41, 5.74) is 1.71. The monoisotopic (exact) mass is 447 g/mol. The van der Waals surface area contributed by atoms with Crippen LogP contribution in [0.15, 0.2) is 69.8 Å². The van der Waals surface area contributed by atoms with Crippen LogP contribution in [0.3, 0.4) is 0 Å². The van der Waals surface area contributed by atoms with Crippen molar-refractivity contribution in [2.24, 2.45) is 0 Å². The number of para-hydroxylation sites is 1. The van der Waals surface area contributed by atoms with Gasteiger partial charge in [0.2, 0.25) is 17.5 Å². The summed E-state index contributed by atoms with van der Waals surface area (Å²) in [5.74, 6) is 2.20. The molecule has 0 saturated heterocycles. The number of nitrogens with one attached hydrogen (secondary N) is 1. The van der Waals surface area contributed by atoms with Crippen LogP contribution in [0, 0.1) is 0 Å². The minimum absolute atomic E-state index is 0.240. The van der Waals surface area contributed by atoms with E-state index >= 15 is 0 Å². The molecule has 0 saturated carbocycles. The number of benzene rings is 2. The Bertz CT molecular complexity index is 1250. The molecule has 0 fully saturated rings. The van der Waals surface area contributed by atoms with Gasteiger partial charge < -0.3 is 28.5 Å². The first kappa shape index (κ1) is 21.7. The van der Waals surface area contributed by atoms with Crippen LogP contribution < -0.4 is 19.5 Å². The van der Waals surface area contributed by atoms with Crippen LogP contribution in [0.5, 0.6) is 17.2 Å². The van der Waals surface area contributed by atoms with Crippen molar-refractivity contribution in [3.8, 4) is 40.1 Å². The maximum absolute atomic E-state index is 12.4. The van der Waals surface area contributed by atoms with Gasteiger partial charge in [0.1, 0.15) is 5.76 Å². The molecule has 4 aromatic rings. The lowest BCUT2D eigenvalue weighted by molar-refractivity contribution is -0.111. The molecule has 4 rings (SSSR count). The highest BCUT2D eigenvalue weighted by molar-refractivity contribution is 6.03. The molecule has 0 atom stereocenters. The van der Waals surface area contributed by atoms with E-state index in [0.717, 1.165) is 0 Å². The van der Waals surface area contributed by atoms with Crippen molar-refractivity contribution in [1.82, 2.24) is 10.1 Å². The number of hydrogen-bond donors (Lipinski definition) is 1. The molecule has 9 heteroatoms. The topological polar surface area (TPSA) is 109 Å². The van der Waals surface area contributed by atoms with E-state index in [1.54, 1.807) is 48.5 Å². The fourth-order valence-corrected chi connectivity index (χ4v) is 3.16. The van der Waals surface area contributed by atoms with Crippen LogP contribution in [0.25, 0.3) is 28.9 Å². The second kappa shape index (κ2) is 9.73. The summed E-state index contributed by atoms with van der Waals surface area (Å²) >= 11 is 0. The molecule has 168 valence electrons. The lowest BCUT2D eigenvalue weighted by Crippen LogP contribution is -2.08. The number of carbonyl (C=O) groups excluding carboxylic acids is 1. The number of hydrogen-bond acceptors (Lipinski definition) is 8. The highest BCUT2D eigenvalue weighted by atomic mass is 16.5. The third-order valence-electron chi connectivity index (χ3n) is 4.71. The molecule has 0 unspecified atom stereocenters. The summed E-state index contributed by atoms with van der Waals surface area (Å²) in [6.45, 7) is 0. The third-order valence-corrected chi connectivity index (χ3v) is 4.71. The smallest absolute Gasteiger partial charge is 0.260 e. The van der Waals surface area contributed by atoms with Gasteiger partial charge in [0, 0.05) is 11.6 Å². The van der Waals surface area contributed by atoms with E-state index < -0.39 is 0 Å². The Balaban J connectivity index is 1.61. The van der Waals surface area contributed by atoms with Gasteiger partial charge in [-0.3, -0.25) is 4.79 Å². The second-order valence-corrected chi connectivity index (χ2v) is 6.72. The number of furan rings is 1. The first-order valence-corrected chi connectivity index (χ1v) is 9.89. The molecule has 2 aromatic carbocycles. The van der Waals surface area contributed by atoms with Gasteiger partial charge in [-0.25, -0.2) is 0 Å². The van der Waals surface area contributed by atoms with Crippen molar-refractivity contribution in [3.63, 3.8) is 0 Å². The van der Waals surface area contributed by atoms with Gasteiger partial charge in [0.15, 0.2) is 11.5 Å². The highest BCUT2D eigenvalue weighted by Gasteiger charge is 2.19. The zero-order chi connectivity index (χ0) is 23.2.